The summed E-state index contributed by atoms with van der Waals surface area (Å²) in [6, 6.07) is 5.24. The van der Waals surface area contributed by atoms with E-state index in [0.29, 0.717) is 23.3 Å². The molecule has 1 aromatic carbocycles. The number of aromatic nitrogens is 1. The van der Waals surface area contributed by atoms with Gasteiger partial charge in [0.05, 0.1) is 10.5 Å². The zero-order valence-corrected chi connectivity index (χ0v) is 13.0. The Balaban J connectivity index is 2.18. The lowest BCUT2D eigenvalue weighted by molar-refractivity contribution is -0.140. The number of pyridine rings is 1. The van der Waals surface area contributed by atoms with Gasteiger partial charge >= 0.3 is 5.97 Å². The highest BCUT2D eigenvalue weighted by Gasteiger charge is 2.40. The molecule has 2 heterocycles. The fourth-order valence-corrected chi connectivity index (χ4v) is 4.74. The Morgan fingerprint density at radius 1 is 1.36 bits per heavy atom. The molecule has 6 nitrogen and oxygen atoms in total. The van der Waals surface area contributed by atoms with Crippen LogP contribution < -0.4 is 0 Å². The van der Waals surface area contributed by atoms with Crippen LogP contribution in [0.15, 0.2) is 35.4 Å². The molecule has 1 fully saturated rings. The maximum absolute atomic E-state index is 12.9. The molecule has 0 aliphatic carbocycles. The van der Waals surface area contributed by atoms with Crippen molar-refractivity contribution in [1.82, 2.24) is 9.29 Å². The summed E-state index contributed by atoms with van der Waals surface area (Å²) in [4.78, 5) is 15.4. The first-order valence-electron chi connectivity index (χ1n) is 6.71. The van der Waals surface area contributed by atoms with Crippen LogP contribution in [0, 0.1) is 0 Å². The molecule has 8 heteroatoms. The first-order chi connectivity index (χ1) is 10.4. The summed E-state index contributed by atoms with van der Waals surface area (Å²) in [6.45, 7) is 0.191. The van der Waals surface area contributed by atoms with Crippen LogP contribution in [0.1, 0.15) is 12.8 Å². The van der Waals surface area contributed by atoms with Crippen LogP contribution in [-0.4, -0.2) is 41.4 Å². The maximum Gasteiger partial charge on any atom is 0.322 e. The monoisotopic (exact) mass is 340 g/mol. The molecule has 0 radical (unpaired) electrons. The van der Waals surface area contributed by atoms with E-state index in [9.17, 15) is 18.3 Å². The molecule has 0 spiro atoms. The average Bonchev–Trinajstić information content (AvgIpc) is 2.97. The van der Waals surface area contributed by atoms with E-state index >= 15 is 0 Å². The number of para-hydroxylation sites is 1. The Morgan fingerprint density at radius 3 is 2.86 bits per heavy atom. The molecule has 0 saturated carbocycles. The number of nitrogens with zero attached hydrogens (tertiary/aromatic N) is 2. The molecule has 116 valence electrons. The van der Waals surface area contributed by atoms with Gasteiger partial charge in [-0.3, -0.25) is 9.78 Å². The van der Waals surface area contributed by atoms with Crippen molar-refractivity contribution in [1.29, 1.82) is 0 Å². The van der Waals surface area contributed by atoms with Crippen molar-refractivity contribution in [2.24, 2.45) is 0 Å². The molecule has 3 rings (SSSR count). The van der Waals surface area contributed by atoms with Crippen molar-refractivity contribution < 1.29 is 18.3 Å². The second-order valence-electron chi connectivity index (χ2n) is 5.06. The van der Waals surface area contributed by atoms with Crippen molar-refractivity contribution in [3.05, 3.63) is 35.5 Å². The smallest absolute Gasteiger partial charge is 0.322 e. The third kappa shape index (κ3) is 2.35. The van der Waals surface area contributed by atoms with Gasteiger partial charge in [0, 0.05) is 18.1 Å². The van der Waals surface area contributed by atoms with Gasteiger partial charge in [-0.2, -0.15) is 4.31 Å². The van der Waals surface area contributed by atoms with Gasteiger partial charge < -0.3 is 5.11 Å². The number of fused-ring (bicyclic) bond motifs is 1. The van der Waals surface area contributed by atoms with Crippen molar-refractivity contribution in [2.45, 2.75) is 23.8 Å². The van der Waals surface area contributed by atoms with Crippen LogP contribution in [0.4, 0.5) is 0 Å². The van der Waals surface area contributed by atoms with E-state index in [2.05, 4.69) is 4.98 Å². The summed E-state index contributed by atoms with van der Waals surface area (Å²) >= 11 is 6.08. The van der Waals surface area contributed by atoms with Gasteiger partial charge in [-0.1, -0.05) is 23.7 Å². The van der Waals surface area contributed by atoms with Crippen LogP contribution >= 0.6 is 11.6 Å². The van der Waals surface area contributed by atoms with Crippen molar-refractivity contribution in [3.63, 3.8) is 0 Å². The predicted molar refractivity (Wildman–Crippen MR) is 81.3 cm³/mol. The standard InChI is InChI=1S/C14H13ClN2O4S/c15-10-6-7-16-13-9(10)3-1-5-12(13)22(20,21)17-8-2-4-11(17)14(18)19/h1,3,5-7,11H,2,4,8H2,(H,18,19). The quantitative estimate of drug-likeness (QED) is 0.924. The van der Waals surface area contributed by atoms with Crippen LogP contribution in [0.2, 0.25) is 5.02 Å². The van der Waals surface area contributed by atoms with E-state index in [0.717, 1.165) is 4.31 Å². The molecule has 1 unspecified atom stereocenters. The van der Waals surface area contributed by atoms with Crippen LogP contribution in [0.3, 0.4) is 0 Å². The molecule has 1 N–H and O–H groups in total. The number of rotatable bonds is 3. The summed E-state index contributed by atoms with van der Waals surface area (Å²) < 4.78 is 26.7. The van der Waals surface area contributed by atoms with Gasteiger partial charge in [-0.25, -0.2) is 8.42 Å². The Hall–Kier alpha value is -1.70. The van der Waals surface area contributed by atoms with Gasteiger partial charge in [0.15, 0.2) is 0 Å². The lowest BCUT2D eigenvalue weighted by Gasteiger charge is -2.21. The van der Waals surface area contributed by atoms with Crippen molar-refractivity contribution in [3.8, 4) is 0 Å². The maximum atomic E-state index is 12.9. The molecule has 22 heavy (non-hydrogen) atoms. The number of carboxylic acids is 1. The van der Waals surface area contributed by atoms with Gasteiger partial charge in [-0.15, -0.1) is 0 Å². The van der Waals surface area contributed by atoms with Crippen molar-refractivity contribution in [2.75, 3.05) is 6.54 Å². The molecule has 1 atom stereocenters. The fraction of sp³-hybridized carbons (Fsp3) is 0.286. The van der Waals surface area contributed by atoms with E-state index in [-0.39, 0.29) is 17.0 Å². The Bertz CT molecular complexity index is 853. The zero-order chi connectivity index (χ0) is 15.9. The van der Waals surface area contributed by atoms with Gasteiger partial charge in [0.1, 0.15) is 10.9 Å². The molecule has 1 aromatic heterocycles. The Kier molecular flexibility index (Phi) is 3.80. The molecule has 2 aromatic rings. The molecule has 1 aliphatic heterocycles. The highest BCUT2D eigenvalue weighted by molar-refractivity contribution is 7.89. The number of carbonyl (C=O) groups is 1. The van der Waals surface area contributed by atoms with Gasteiger partial charge in [0.25, 0.3) is 0 Å². The third-order valence-corrected chi connectivity index (χ3v) is 6.03. The van der Waals surface area contributed by atoms with Gasteiger partial charge in [0.2, 0.25) is 10.0 Å². The van der Waals surface area contributed by atoms with Crippen LogP contribution in [-0.2, 0) is 14.8 Å². The van der Waals surface area contributed by atoms with Crippen LogP contribution in [0.5, 0.6) is 0 Å². The summed E-state index contributed by atoms with van der Waals surface area (Å²) in [7, 11) is -3.94. The number of benzene rings is 1. The molecular formula is C14H13ClN2O4S. The van der Waals surface area contributed by atoms with E-state index in [4.69, 9.17) is 11.6 Å². The second-order valence-corrected chi connectivity index (χ2v) is 7.32. The summed E-state index contributed by atoms with van der Waals surface area (Å²) in [5, 5.41) is 10.1. The number of hydrogen-bond donors (Lipinski definition) is 1. The number of hydrogen-bond acceptors (Lipinski definition) is 4. The minimum Gasteiger partial charge on any atom is -0.480 e. The van der Waals surface area contributed by atoms with E-state index in [1.165, 1.54) is 12.3 Å². The van der Waals surface area contributed by atoms with Gasteiger partial charge in [-0.05, 0) is 25.0 Å². The Morgan fingerprint density at radius 2 is 2.14 bits per heavy atom. The second kappa shape index (κ2) is 5.49. The summed E-state index contributed by atoms with van der Waals surface area (Å²) in [5.41, 5.74) is 0.256. The minimum absolute atomic E-state index is 0.0133. The molecule has 1 aliphatic rings. The molecule has 1 saturated heterocycles. The SMILES string of the molecule is O=C(O)C1CCCN1S(=O)(=O)c1cccc2c(Cl)ccnc12. The van der Waals surface area contributed by atoms with E-state index in [1.807, 2.05) is 0 Å². The van der Waals surface area contributed by atoms with E-state index in [1.54, 1.807) is 18.2 Å². The molecule has 0 amide bonds. The van der Waals surface area contributed by atoms with E-state index < -0.39 is 22.0 Å². The van der Waals surface area contributed by atoms with Crippen molar-refractivity contribution >= 4 is 38.5 Å². The number of sulfonamides is 1. The third-order valence-electron chi connectivity index (χ3n) is 3.76. The summed E-state index contributed by atoms with van der Waals surface area (Å²) in [6.07, 6.45) is 2.27. The first-order valence-corrected chi connectivity index (χ1v) is 8.52. The predicted octanol–water partition coefficient (Wildman–Crippen LogP) is 2.13. The van der Waals surface area contributed by atoms with Crippen LogP contribution in [0.25, 0.3) is 10.9 Å². The minimum atomic E-state index is -3.94. The lowest BCUT2D eigenvalue weighted by Crippen LogP contribution is -2.40. The number of carboxylic acid groups (broad SMARTS) is 1. The lowest BCUT2D eigenvalue weighted by atomic mass is 10.2. The normalized spacial score (nSPS) is 19.6. The fourth-order valence-electron chi connectivity index (χ4n) is 2.72. The number of halogens is 1. The first kappa shape index (κ1) is 15.2. The largest absolute Gasteiger partial charge is 0.480 e. The molecular weight excluding hydrogens is 328 g/mol. The molecule has 0 bridgehead atoms. The number of aliphatic carboxylic acids is 1. The zero-order valence-electron chi connectivity index (χ0n) is 11.4. The Labute approximate surface area is 132 Å². The topological polar surface area (TPSA) is 87.6 Å². The highest BCUT2D eigenvalue weighted by atomic mass is 35.5. The highest BCUT2D eigenvalue weighted by Crippen LogP contribution is 2.31. The average molecular weight is 341 g/mol. The summed E-state index contributed by atoms with van der Waals surface area (Å²) in [5.74, 6) is -1.13.